The molecule has 0 radical (unpaired) electrons. The number of nitrogens with zero attached hydrogens (tertiary/aromatic N) is 3. The number of aromatic nitrogens is 2. The fourth-order valence-electron chi connectivity index (χ4n) is 5.09. The Morgan fingerprint density at radius 1 is 1.36 bits per heavy atom. The summed E-state index contributed by atoms with van der Waals surface area (Å²) in [6.07, 6.45) is 2.44. The fourth-order valence-corrected chi connectivity index (χ4v) is 5.09. The van der Waals surface area contributed by atoms with Crippen LogP contribution in [0.25, 0.3) is 11.4 Å². The second-order valence-electron chi connectivity index (χ2n) is 7.71. The highest BCUT2D eigenvalue weighted by Gasteiger charge is 2.62. The molecule has 3 fully saturated rings. The average Bonchev–Trinajstić information content (AvgIpc) is 3.34. The largest absolute Gasteiger partial charge is 0.396 e. The average molecular weight is 341 g/mol. The highest BCUT2D eigenvalue weighted by atomic mass is 16.5. The zero-order valence-electron chi connectivity index (χ0n) is 14.4. The van der Waals surface area contributed by atoms with Gasteiger partial charge in [-0.2, -0.15) is 4.98 Å². The second-order valence-corrected chi connectivity index (χ2v) is 7.71. The van der Waals surface area contributed by atoms with Crippen molar-refractivity contribution in [2.45, 2.75) is 38.0 Å². The maximum absolute atomic E-state index is 9.72. The van der Waals surface area contributed by atoms with Gasteiger partial charge in [-0.15, -0.1) is 0 Å². The summed E-state index contributed by atoms with van der Waals surface area (Å²) in [7, 11) is 0. The van der Waals surface area contributed by atoms with E-state index in [4.69, 9.17) is 9.26 Å². The van der Waals surface area contributed by atoms with E-state index in [9.17, 15) is 5.11 Å². The molecule has 1 spiro atoms. The molecule has 1 aromatic heterocycles. The Hall–Kier alpha value is -1.76. The van der Waals surface area contributed by atoms with Gasteiger partial charge in [0.05, 0.1) is 18.2 Å². The van der Waals surface area contributed by atoms with Gasteiger partial charge in [-0.25, -0.2) is 0 Å². The molecule has 2 aromatic rings. The number of aliphatic hydroxyl groups excluding tert-OH is 1. The standard InChI is InChI=1S/C19H23N3O3/c1-12-4-2-3-5-13(12)18-20-17(25-21-18)9-22-8-15-14(10-23)16-6-7-19(15,11-22)24-16/h2-5,14-16,23H,6-11H2,1H3/t14-,15+,16+,19+/m1/s1. The summed E-state index contributed by atoms with van der Waals surface area (Å²) in [6.45, 7) is 4.75. The number of likely N-dealkylation sites (tertiary alicyclic amines) is 1. The van der Waals surface area contributed by atoms with E-state index in [2.05, 4.69) is 28.0 Å². The van der Waals surface area contributed by atoms with Gasteiger partial charge in [0.15, 0.2) is 0 Å². The molecule has 0 saturated carbocycles. The van der Waals surface area contributed by atoms with Crippen molar-refractivity contribution in [2.75, 3.05) is 19.7 Å². The summed E-state index contributed by atoms with van der Waals surface area (Å²) < 4.78 is 11.8. The van der Waals surface area contributed by atoms with E-state index < -0.39 is 0 Å². The van der Waals surface area contributed by atoms with Crippen LogP contribution in [0.15, 0.2) is 28.8 Å². The molecule has 0 aliphatic carbocycles. The summed E-state index contributed by atoms with van der Waals surface area (Å²) in [6, 6.07) is 8.06. The third kappa shape index (κ3) is 2.35. The number of hydrogen-bond donors (Lipinski definition) is 1. The van der Waals surface area contributed by atoms with Gasteiger partial charge in [0.2, 0.25) is 11.7 Å². The van der Waals surface area contributed by atoms with Crippen molar-refractivity contribution in [3.63, 3.8) is 0 Å². The van der Waals surface area contributed by atoms with Crippen LogP contribution < -0.4 is 0 Å². The van der Waals surface area contributed by atoms with Crippen LogP contribution in [-0.4, -0.2) is 51.5 Å². The molecule has 0 unspecified atom stereocenters. The lowest BCUT2D eigenvalue weighted by atomic mass is 9.74. The van der Waals surface area contributed by atoms with Gasteiger partial charge in [0, 0.05) is 37.1 Å². The molecule has 3 saturated heterocycles. The Balaban J connectivity index is 1.32. The predicted octanol–water partition coefficient (Wildman–Crippen LogP) is 2.02. The maximum atomic E-state index is 9.72. The van der Waals surface area contributed by atoms with Gasteiger partial charge in [-0.05, 0) is 25.3 Å². The van der Waals surface area contributed by atoms with E-state index in [1.54, 1.807) is 0 Å². The number of benzene rings is 1. The zero-order chi connectivity index (χ0) is 17.0. The minimum absolute atomic E-state index is 0.0586. The minimum atomic E-state index is -0.0586. The quantitative estimate of drug-likeness (QED) is 0.917. The van der Waals surface area contributed by atoms with Crippen molar-refractivity contribution in [1.29, 1.82) is 0 Å². The number of rotatable bonds is 4. The first-order valence-electron chi connectivity index (χ1n) is 9.08. The minimum Gasteiger partial charge on any atom is -0.396 e. The maximum Gasteiger partial charge on any atom is 0.241 e. The molecule has 132 valence electrons. The monoisotopic (exact) mass is 341 g/mol. The summed E-state index contributed by atoms with van der Waals surface area (Å²) in [4.78, 5) is 6.92. The van der Waals surface area contributed by atoms with E-state index in [1.807, 2.05) is 18.2 Å². The van der Waals surface area contributed by atoms with Crippen LogP contribution in [0.2, 0.25) is 0 Å². The molecule has 2 bridgehead atoms. The van der Waals surface area contributed by atoms with Crippen LogP contribution in [0.5, 0.6) is 0 Å². The van der Waals surface area contributed by atoms with E-state index >= 15 is 0 Å². The smallest absolute Gasteiger partial charge is 0.241 e. The molecule has 6 nitrogen and oxygen atoms in total. The van der Waals surface area contributed by atoms with Gasteiger partial charge in [0.25, 0.3) is 0 Å². The van der Waals surface area contributed by atoms with Gasteiger partial charge in [0.1, 0.15) is 0 Å². The molecule has 0 amide bonds. The van der Waals surface area contributed by atoms with E-state index in [-0.39, 0.29) is 24.2 Å². The molecule has 3 aliphatic rings. The molecule has 5 rings (SSSR count). The molecular formula is C19H23N3O3. The van der Waals surface area contributed by atoms with E-state index in [0.29, 0.717) is 24.2 Å². The normalized spacial score (nSPS) is 33.9. The van der Waals surface area contributed by atoms with Gasteiger partial charge >= 0.3 is 0 Å². The number of ether oxygens (including phenoxy) is 1. The highest BCUT2D eigenvalue weighted by Crippen LogP contribution is 2.54. The van der Waals surface area contributed by atoms with Crippen molar-refractivity contribution in [3.8, 4) is 11.4 Å². The third-order valence-electron chi connectivity index (χ3n) is 6.28. The Kier molecular flexibility index (Phi) is 3.48. The molecule has 1 aromatic carbocycles. The first-order valence-corrected chi connectivity index (χ1v) is 9.08. The van der Waals surface area contributed by atoms with Crippen molar-refractivity contribution in [3.05, 3.63) is 35.7 Å². The number of aryl methyl sites for hydroxylation is 1. The predicted molar refractivity (Wildman–Crippen MR) is 90.7 cm³/mol. The van der Waals surface area contributed by atoms with Crippen LogP contribution in [0.3, 0.4) is 0 Å². The molecule has 1 N–H and O–H groups in total. The van der Waals surface area contributed by atoms with Gasteiger partial charge < -0.3 is 14.4 Å². The van der Waals surface area contributed by atoms with Crippen molar-refractivity contribution < 1.29 is 14.4 Å². The van der Waals surface area contributed by atoms with E-state index in [1.165, 1.54) is 0 Å². The van der Waals surface area contributed by atoms with Crippen LogP contribution in [0.1, 0.15) is 24.3 Å². The number of aliphatic hydroxyl groups is 1. The summed E-state index contributed by atoms with van der Waals surface area (Å²) in [5.41, 5.74) is 2.09. The van der Waals surface area contributed by atoms with Crippen molar-refractivity contribution in [1.82, 2.24) is 15.0 Å². The second kappa shape index (κ2) is 5.62. The molecule has 3 aliphatic heterocycles. The Morgan fingerprint density at radius 3 is 3.08 bits per heavy atom. The van der Waals surface area contributed by atoms with Crippen LogP contribution >= 0.6 is 0 Å². The molecule has 4 atom stereocenters. The highest BCUT2D eigenvalue weighted by molar-refractivity contribution is 5.58. The van der Waals surface area contributed by atoms with Crippen LogP contribution in [0.4, 0.5) is 0 Å². The number of hydrogen-bond acceptors (Lipinski definition) is 6. The topological polar surface area (TPSA) is 71.6 Å². The van der Waals surface area contributed by atoms with Gasteiger partial charge in [-0.1, -0.05) is 29.4 Å². The summed E-state index contributed by atoms with van der Waals surface area (Å²) in [5.74, 6) is 2.00. The molecule has 6 heteroatoms. The lowest BCUT2D eigenvalue weighted by molar-refractivity contribution is -0.000332. The van der Waals surface area contributed by atoms with Crippen LogP contribution in [-0.2, 0) is 11.3 Å². The lowest BCUT2D eigenvalue weighted by Gasteiger charge is -2.28. The molecular weight excluding hydrogens is 318 g/mol. The Morgan fingerprint density at radius 2 is 2.24 bits per heavy atom. The summed E-state index contributed by atoms with van der Waals surface area (Å²) >= 11 is 0. The molecule has 4 heterocycles. The summed E-state index contributed by atoms with van der Waals surface area (Å²) in [5, 5.41) is 13.9. The first kappa shape index (κ1) is 15.5. The van der Waals surface area contributed by atoms with Gasteiger partial charge in [-0.3, -0.25) is 4.90 Å². The fraction of sp³-hybridized carbons (Fsp3) is 0.579. The van der Waals surface area contributed by atoms with Crippen LogP contribution in [0, 0.1) is 18.8 Å². The first-order chi connectivity index (χ1) is 12.2. The Bertz CT molecular complexity index is 792. The third-order valence-corrected chi connectivity index (χ3v) is 6.28. The van der Waals surface area contributed by atoms with Crippen molar-refractivity contribution >= 4 is 0 Å². The number of fused-ring (bicyclic) bond motifs is 1. The SMILES string of the molecule is Cc1ccccc1-c1noc(CN2C[C@H]3[C@@H](CO)[C@@H]4CC[C@@]3(C2)O4)n1. The lowest BCUT2D eigenvalue weighted by Crippen LogP contribution is -2.37. The molecule has 25 heavy (non-hydrogen) atoms. The van der Waals surface area contributed by atoms with E-state index in [0.717, 1.165) is 37.1 Å². The Labute approximate surface area is 146 Å². The zero-order valence-corrected chi connectivity index (χ0v) is 14.4. The van der Waals surface area contributed by atoms with Crippen molar-refractivity contribution in [2.24, 2.45) is 11.8 Å².